The zero-order valence-electron chi connectivity index (χ0n) is 15.9. The van der Waals surface area contributed by atoms with E-state index in [1.807, 2.05) is 43.3 Å². The van der Waals surface area contributed by atoms with Crippen LogP contribution in [-0.4, -0.2) is 39.5 Å². The minimum absolute atomic E-state index is 0.253. The molecule has 0 saturated carbocycles. The Bertz CT molecular complexity index is 844. The van der Waals surface area contributed by atoms with Crippen molar-refractivity contribution in [2.24, 2.45) is 5.92 Å². The third-order valence-corrected chi connectivity index (χ3v) is 6.90. The molecule has 3 rings (SSSR count). The van der Waals surface area contributed by atoms with Crippen molar-refractivity contribution in [3.8, 4) is 5.75 Å². The first-order valence-corrected chi connectivity index (χ1v) is 10.7. The maximum absolute atomic E-state index is 13.0. The molecule has 0 aliphatic carbocycles. The Morgan fingerprint density at radius 1 is 1.07 bits per heavy atom. The highest BCUT2D eigenvalue weighted by Crippen LogP contribution is 2.30. The molecule has 146 valence electrons. The van der Waals surface area contributed by atoms with E-state index in [1.165, 1.54) is 7.11 Å². The van der Waals surface area contributed by atoms with Crippen LogP contribution in [0.3, 0.4) is 0 Å². The Morgan fingerprint density at radius 2 is 1.78 bits per heavy atom. The quantitative estimate of drug-likeness (QED) is 0.726. The average molecular weight is 390 g/mol. The van der Waals surface area contributed by atoms with Gasteiger partial charge >= 0.3 is 0 Å². The van der Waals surface area contributed by atoms with Gasteiger partial charge in [-0.05, 0) is 48.9 Å². The standard InChI is InChI=1S/C21H27NO4S/c1-17-8-9-20(25-2)21(14-17)27(23,24)22-12-10-19(11-13-22)16-26-15-18-6-4-3-5-7-18/h3-9,14,19H,10-13,15-16H2,1-2H3. The number of sulfonamides is 1. The molecule has 0 aromatic heterocycles. The van der Waals surface area contributed by atoms with E-state index >= 15 is 0 Å². The Hall–Kier alpha value is -1.89. The van der Waals surface area contributed by atoms with Crippen LogP contribution in [0.25, 0.3) is 0 Å². The van der Waals surface area contributed by atoms with E-state index in [9.17, 15) is 8.42 Å². The van der Waals surface area contributed by atoms with E-state index < -0.39 is 10.0 Å². The monoisotopic (exact) mass is 389 g/mol. The molecule has 1 saturated heterocycles. The molecule has 0 atom stereocenters. The zero-order valence-corrected chi connectivity index (χ0v) is 16.7. The van der Waals surface area contributed by atoms with E-state index in [0.29, 0.717) is 38.0 Å². The number of hydrogen-bond acceptors (Lipinski definition) is 4. The number of rotatable bonds is 7. The predicted octanol–water partition coefficient (Wildman–Crippen LogP) is 3.62. The number of piperidine rings is 1. The maximum Gasteiger partial charge on any atom is 0.246 e. The van der Waals surface area contributed by atoms with Crippen molar-refractivity contribution in [1.82, 2.24) is 4.31 Å². The normalized spacial score (nSPS) is 16.4. The van der Waals surface area contributed by atoms with Crippen LogP contribution in [0, 0.1) is 12.8 Å². The number of aryl methyl sites for hydroxylation is 1. The van der Waals surface area contributed by atoms with Crippen LogP contribution in [0.5, 0.6) is 5.75 Å². The highest BCUT2D eigenvalue weighted by atomic mass is 32.2. The minimum atomic E-state index is -3.55. The fraction of sp³-hybridized carbons (Fsp3) is 0.429. The lowest BCUT2D eigenvalue weighted by atomic mass is 9.99. The van der Waals surface area contributed by atoms with Gasteiger partial charge in [-0.1, -0.05) is 36.4 Å². The van der Waals surface area contributed by atoms with Crippen LogP contribution >= 0.6 is 0 Å². The van der Waals surface area contributed by atoms with Crippen LogP contribution in [0.4, 0.5) is 0 Å². The maximum atomic E-state index is 13.0. The molecule has 0 N–H and O–H groups in total. The van der Waals surface area contributed by atoms with E-state index in [-0.39, 0.29) is 4.90 Å². The third-order valence-electron chi connectivity index (χ3n) is 4.98. The van der Waals surface area contributed by atoms with Crippen LogP contribution in [0.15, 0.2) is 53.4 Å². The van der Waals surface area contributed by atoms with Crippen molar-refractivity contribution in [1.29, 1.82) is 0 Å². The van der Waals surface area contributed by atoms with Gasteiger partial charge in [0.05, 0.1) is 13.7 Å². The van der Waals surface area contributed by atoms with Crippen molar-refractivity contribution in [2.75, 3.05) is 26.8 Å². The van der Waals surface area contributed by atoms with E-state index in [4.69, 9.17) is 9.47 Å². The number of hydrogen-bond donors (Lipinski definition) is 0. The van der Waals surface area contributed by atoms with Crippen molar-refractivity contribution < 1.29 is 17.9 Å². The van der Waals surface area contributed by atoms with Crippen molar-refractivity contribution in [3.05, 3.63) is 59.7 Å². The van der Waals surface area contributed by atoms with E-state index in [1.54, 1.807) is 16.4 Å². The van der Waals surface area contributed by atoms with Gasteiger partial charge in [0.25, 0.3) is 0 Å². The Balaban J connectivity index is 1.56. The largest absolute Gasteiger partial charge is 0.495 e. The molecule has 0 spiro atoms. The number of methoxy groups -OCH3 is 1. The first kappa shape index (κ1) is 19.9. The molecule has 1 aliphatic rings. The smallest absolute Gasteiger partial charge is 0.246 e. The van der Waals surface area contributed by atoms with Crippen molar-refractivity contribution >= 4 is 10.0 Å². The summed E-state index contributed by atoms with van der Waals surface area (Å²) in [5.74, 6) is 0.786. The molecule has 2 aromatic rings. The average Bonchev–Trinajstić information content (AvgIpc) is 2.69. The van der Waals surface area contributed by atoms with Crippen LogP contribution in [0.2, 0.25) is 0 Å². The third kappa shape index (κ3) is 4.89. The molecule has 5 nitrogen and oxygen atoms in total. The van der Waals surface area contributed by atoms with Gasteiger partial charge in [0.15, 0.2) is 0 Å². The first-order valence-electron chi connectivity index (χ1n) is 9.27. The van der Waals surface area contributed by atoms with Gasteiger partial charge in [0, 0.05) is 19.7 Å². The van der Waals surface area contributed by atoms with Gasteiger partial charge in [-0.3, -0.25) is 0 Å². The molecular weight excluding hydrogens is 362 g/mol. The van der Waals surface area contributed by atoms with Gasteiger partial charge in [0.2, 0.25) is 10.0 Å². The summed E-state index contributed by atoms with van der Waals surface area (Å²) >= 11 is 0. The molecule has 1 fully saturated rings. The Labute approximate surface area is 162 Å². The Kier molecular flexibility index (Phi) is 6.52. The molecule has 6 heteroatoms. The molecular formula is C21H27NO4S. The van der Waals surface area contributed by atoms with Gasteiger partial charge in [-0.2, -0.15) is 4.31 Å². The lowest BCUT2D eigenvalue weighted by Gasteiger charge is -2.31. The number of benzene rings is 2. The molecule has 1 heterocycles. The molecule has 27 heavy (non-hydrogen) atoms. The van der Waals surface area contributed by atoms with Gasteiger partial charge in [0.1, 0.15) is 10.6 Å². The highest BCUT2D eigenvalue weighted by Gasteiger charge is 2.31. The van der Waals surface area contributed by atoms with Crippen LogP contribution in [-0.2, 0) is 21.4 Å². The second-order valence-electron chi connectivity index (χ2n) is 7.00. The highest BCUT2D eigenvalue weighted by molar-refractivity contribution is 7.89. The zero-order chi connectivity index (χ0) is 19.3. The second kappa shape index (κ2) is 8.87. The van der Waals surface area contributed by atoms with Crippen molar-refractivity contribution in [3.63, 3.8) is 0 Å². The number of nitrogens with zero attached hydrogens (tertiary/aromatic N) is 1. The molecule has 0 amide bonds. The van der Waals surface area contributed by atoms with E-state index in [0.717, 1.165) is 24.0 Å². The fourth-order valence-electron chi connectivity index (χ4n) is 3.36. The molecule has 0 radical (unpaired) electrons. The van der Waals surface area contributed by atoms with Gasteiger partial charge < -0.3 is 9.47 Å². The summed E-state index contributed by atoms with van der Waals surface area (Å²) in [7, 11) is -2.05. The van der Waals surface area contributed by atoms with Crippen LogP contribution < -0.4 is 4.74 Å². The summed E-state index contributed by atoms with van der Waals surface area (Å²) in [6, 6.07) is 15.3. The topological polar surface area (TPSA) is 55.8 Å². The lowest BCUT2D eigenvalue weighted by molar-refractivity contribution is 0.0687. The predicted molar refractivity (Wildman–Crippen MR) is 105 cm³/mol. The van der Waals surface area contributed by atoms with Crippen LogP contribution in [0.1, 0.15) is 24.0 Å². The lowest BCUT2D eigenvalue weighted by Crippen LogP contribution is -2.39. The summed E-state index contributed by atoms with van der Waals surface area (Å²) in [4.78, 5) is 0.253. The van der Waals surface area contributed by atoms with Gasteiger partial charge in [-0.25, -0.2) is 8.42 Å². The molecule has 1 aliphatic heterocycles. The second-order valence-corrected chi connectivity index (χ2v) is 8.91. The fourth-order valence-corrected chi connectivity index (χ4v) is 5.07. The number of ether oxygens (including phenoxy) is 2. The Morgan fingerprint density at radius 3 is 2.44 bits per heavy atom. The summed E-state index contributed by atoms with van der Waals surface area (Å²) in [5, 5.41) is 0. The first-order chi connectivity index (χ1) is 13.0. The molecule has 0 unspecified atom stereocenters. The minimum Gasteiger partial charge on any atom is -0.495 e. The van der Waals surface area contributed by atoms with Crippen molar-refractivity contribution in [2.45, 2.75) is 31.3 Å². The SMILES string of the molecule is COc1ccc(C)cc1S(=O)(=O)N1CCC(COCc2ccccc2)CC1. The van der Waals surface area contributed by atoms with E-state index in [2.05, 4.69) is 0 Å². The summed E-state index contributed by atoms with van der Waals surface area (Å²) in [5.41, 5.74) is 2.06. The summed E-state index contributed by atoms with van der Waals surface area (Å²) < 4.78 is 38.7. The molecule has 0 bridgehead atoms. The summed E-state index contributed by atoms with van der Waals surface area (Å²) in [6.45, 7) is 4.17. The molecule has 2 aromatic carbocycles. The summed E-state index contributed by atoms with van der Waals surface area (Å²) in [6.07, 6.45) is 1.62. The van der Waals surface area contributed by atoms with Gasteiger partial charge in [-0.15, -0.1) is 0 Å².